The van der Waals surface area contributed by atoms with E-state index in [1.54, 1.807) is 24.3 Å². The minimum Gasteiger partial charge on any atom is -0.348 e. The van der Waals surface area contributed by atoms with Crippen LogP contribution in [0.2, 0.25) is 0 Å². The summed E-state index contributed by atoms with van der Waals surface area (Å²) in [6.45, 7) is 0. The van der Waals surface area contributed by atoms with Crippen LogP contribution in [-0.2, 0) is 10.0 Å². The Hall–Kier alpha value is -1.87. The number of sulfonamides is 1. The van der Waals surface area contributed by atoms with Gasteiger partial charge in [0, 0.05) is 33.5 Å². The minimum absolute atomic E-state index is 0.0536. The van der Waals surface area contributed by atoms with Crippen LogP contribution in [0.4, 0.5) is 0 Å². The number of benzene rings is 2. The number of amides is 1. The molecule has 2 saturated heterocycles. The second-order valence-corrected chi connectivity index (χ2v) is 9.72. The van der Waals surface area contributed by atoms with Crippen molar-refractivity contribution in [2.75, 3.05) is 0 Å². The molecule has 4 N–H and O–H groups in total. The zero-order valence-electron chi connectivity index (χ0n) is 14.6. The van der Waals surface area contributed by atoms with Crippen LogP contribution in [0.3, 0.4) is 0 Å². The average molecular weight is 404 g/mol. The number of fused-ring (bicyclic) bond motifs is 2. The van der Waals surface area contributed by atoms with Crippen molar-refractivity contribution in [2.45, 2.75) is 52.1 Å². The van der Waals surface area contributed by atoms with E-state index in [-0.39, 0.29) is 16.8 Å². The highest BCUT2D eigenvalue weighted by Crippen LogP contribution is 2.30. The van der Waals surface area contributed by atoms with Crippen molar-refractivity contribution in [3.05, 3.63) is 54.1 Å². The Balaban J connectivity index is 1.41. The SMILES string of the molecule is NS(=O)(=O)c1cccc(Sc2ccc(C(=O)NC3CC4CCC3N4)cc2)c1. The van der Waals surface area contributed by atoms with Crippen LogP contribution in [0.1, 0.15) is 29.6 Å². The fraction of sp³-hybridized carbons (Fsp3) is 0.316. The fourth-order valence-corrected chi connectivity index (χ4v) is 5.27. The third-order valence-electron chi connectivity index (χ3n) is 5.10. The summed E-state index contributed by atoms with van der Waals surface area (Å²) in [7, 11) is -3.72. The molecular formula is C19H21N3O3S2. The molecule has 0 spiro atoms. The molecule has 2 bridgehead atoms. The summed E-state index contributed by atoms with van der Waals surface area (Å²) >= 11 is 1.42. The zero-order chi connectivity index (χ0) is 19.0. The summed E-state index contributed by atoms with van der Waals surface area (Å²) in [5.41, 5.74) is 0.625. The molecule has 0 saturated carbocycles. The molecule has 3 atom stereocenters. The van der Waals surface area contributed by atoms with E-state index >= 15 is 0 Å². The van der Waals surface area contributed by atoms with E-state index < -0.39 is 10.0 Å². The van der Waals surface area contributed by atoms with E-state index in [2.05, 4.69) is 10.6 Å². The number of rotatable bonds is 5. The van der Waals surface area contributed by atoms with Crippen LogP contribution < -0.4 is 15.8 Å². The van der Waals surface area contributed by atoms with Crippen molar-refractivity contribution in [3.8, 4) is 0 Å². The fourth-order valence-electron chi connectivity index (χ4n) is 3.76. The Labute approximate surface area is 163 Å². The van der Waals surface area contributed by atoms with Gasteiger partial charge in [0.1, 0.15) is 0 Å². The molecule has 4 rings (SSSR count). The monoisotopic (exact) mass is 403 g/mol. The molecule has 142 valence electrons. The van der Waals surface area contributed by atoms with Crippen LogP contribution in [-0.4, -0.2) is 32.5 Å². The van der Waals surface area contributed by atoms with Gasteiger partial charge in [0.25, 0.3) is 5.91 Å². The van der Waals surface area contributed by atoms with Gasteiger partial charge in [-0.15, -0.1) is 0 Å². The highest BCUT2D eigenvalue weighted by atomic mass is 32.2. The van der Waals surface area contributed by atoms with Gasteiger partial charge < -0.3 is 10.6 Å². The van der Waals surface area contributed by atoms with Gasteiger partial charge in [-0.25, -0.2) is 13.6 Å². The number of primary sulfonamides is 1. The molecule has 1 amide bonds. The molecular weight excluding hydrogens is 382 g/mol. The van der Waals surface area contributed by atoms with Gasteiger partial charge in [0.15, 0.2) is 0 Å². The Morgan fingerprint density at radius 3 is 2.52 bits per heavy atom. The second kappa shape index (κ2) is 7.27. The van der Waals surface area contributed by atoms with Crippen LogP contribution >= 0.6 is 11.8 Å². The molecule has 2 aromatic rings. The minimum atomic E-state index is -3.72. The van der Waals surface area contributed by atoms with Crippen LogP contribution in [0.25, 0.3) is 0 Å². The van der Waals surface area contributed by atoms with E-state index in [1.165, 1.54) is 24.2 Å². The lowest BCUT2D eigenvalue weighted by Crippen LogP contribution is -2.42. The first-order valence-electron chi connectivity index (χ1n) is 8.86. The van der Waals surface area contributed by atoms with Crippen molar-refractivity contribution in [2.24, 2.45) is 5.14 Å². The lowest BCUT2D eigenvalue weighted by atomic mass is 9.95. The maximum absolute atomic E-state index is 12.5. The molecule has 6 nitrogen and oxygen atoms in total. The van der Waals surface area contributed by atoms with Crippen molar-refractivity contribution in [1.29, 1.82) is 0 Å². The highest BCUT2D eigenvalue weighted by Gasteiger charge is 2.39. The van der Waals surface area contributed by atoms with Crippen molar-refractivity contribution in [3.63, 3.8) is 0 Å². The average Bonchev–Trinajstić information content (AvgIpc) is 3.25. The summed E-state index contributed by atoms with van der Waals surface area (Å²) < 4.78 is 22.9. The van der Waals surface area contributed by atoms with Gasteiger partial charge in [0.05, 0.1) is 4.90 Å². The molecule has 2 fully saturated rings. The first-order valence-corrected chi connectivity index (χ1v) is 11.2. The van der Waals surface area contributed by atoms with E-state index in [9.17, 15) is 13.2 Å². The van der Waals surface area contributed by atoms with Crippen molar-refractivity contribution in [1.82, 2.24) is 10.6 Å². The number of hydrogen-bond donors (Lipinski definition) is 3. The molecule has 0 aliphatic carbocycles. The van der Waals surface area contributed by atoms with Crippen LogP contribution in [0.5, 0.6) is 0 Å². The number of carbonyl (C=O) groups excluding carboxylic acids is 1. The first kappa shape index (κ1) is 18.5. The van der Waals surface area contributed by atoms with Crippen LogP contribution in [0, 0.1) is 0 Å². The molecule has 2 aromatic carbocycles. The third kappa shape index (κ3) is 4.19. The molecule has 27 heavy (non-hydrogen) atoms. The standard InChI is InChI=1S/C19H21N3O3S2/c20-27(24,25)16-3-1-2-15(11-16)26-14-7-4-12(5-8-14)19(23)22-18-10-13-6-9-17(18)21-13/h1-5,7-8,11,13,17-18,21H,6,9-10H2,(H,22,23)(H2,20,24,25). The first-order chi connectivity index (χ1) is 12.9. The van der Waals surface area contributed by atoms with Gasteiger partial charge in [-0.1, -0.05) is 17.8 Å². The topological polar surface area (TPSA) is 101 Å². The van der Waals surface area contributed by atoms with E-state index in [0.29, 0.717) is 17.6 Å². The number of nitrogens with one attached hydrogen (secondary N) is 2. The Bertz CT molecular complexity index is 960. The Kier molecular flexibility index (Phi) is 4.98. The summed E-state index contributed by atoms with van der Waals surface area (Å²) in [5.74, 6) is -0.0536. The quantitative estimate of drug-likeness (QED) is 0.710. The Morgan fingerprint density at radius 2 is 1.89 bits per heavy atom. The van der Waals surface area contributed by atoms with Crippen molar-refractivity contribution < 1.29 is 13.2 Å². The summed E-state index contributed by atoms with van der Waals surface area (Å²) in [6, 6.07) is 15.0. The molecule has 0 aromatic heterocycles. The maximum Gasteiger partial charge on any atom is 0.251 e. The molecule has 2 aliphatic heterocycles. The molecule has 2 aliphatic rings. The number of hydrogen-bond acceptors (Lipinski definition) is 5. The lowest BCUT2D eigenvalue weighted by molar-refractivity contribution is 0.0931. The lowest BCUT2D eigenvalue weighted by Gasteiger charge is -2.21. The molecule has 2 heterocycles. The summed E-state index contributed by atoms with van der Waals surface area (Å²) in [6.07, 6.45) is 3.34. The van der Waals surface area contributed by atoms with Crippen molar-refractivity contribution >= 4 is 27.7 Å². The van der Waals surface area contributed by atoms with Crippen LogP contribution in [0.15, 0.2) is 63.2 Å². The highest BCUT2D eigenvalue weighted by molar-refractivity contribution is 7.99. The van der Waals surface area contributed by atoms with Gasteiger partial charge >= 0.3 is 0 Å². The van der Waals surface area contributed by atoms with E-state index in [0.717, 1.165) is 22.6 Å². The molecule has 3 unspecified atom stereocenters. The van der Waals surface area contributed by atoms with Gasteiger partial charge in [-0.2, -0.15) is 0 Å². The van der Waals surface area contributed by atoms with E-state index in [1.807, 2.05) is 18.2 Å². The largest absolute Gasteiger partial charge is 0.348 e. The summed E-state index contributed by atoms with van der Waals surface area (Å²) in [4.78, 5) is 14.2. The maximum atomic E-state index is 12.5. The van der Waals surface area contributed by atoms with E-state index in [4.69, 9.17) is 5.14 Å². The van der Waals surface area contributed by atoms with Gasteiger partial charge in [-0.3, -0.25) is 4.79 Å². The normalized spacial score (nSPS) is 24.1. The third-order valence-corrected chi connectivity index (χ3v) is 7.01. The smallest absolute Gasteiger partial charge is 0.251 e. The Morgan fingerprint density at radius 1 is 1.11 bits per heavy atom. The second-order valence-electron chi connectivity index (χ2n) is 7.01. The predicted molar refractivity (Wildman–Crippen MR) is 104 cm³/mol. The number of carbonyl (C=O) groups is 1. The molecule has 8 heteroatoms. The molecule has 0 radical (unpaired) electrons. The predicted octanol–water partition coefficient (Wildman–Crippen LogP) is 2.11. The van der Waals surface area contributed by atoms with Gasteiger partial charge in [0.2, 0.25) is 10.0 Å². The number of nitrogens with two attached hydrogens (primary N) is 1. The van der Waals surface area contributed by atoms with Gasteiger partial charge in [-0.05, 0) is 61.7 Å². The zero-order valence-corrected chi connectivity index (χ0v) is 16.2. The summed E-state index contributed by atoms with van der Waals surface area (Å²) in [5, 5.41) is 11.8.